The highest BCUT2D eigenvalue weighted by atomic mass is 35.5. The van der Waals surface area contributed by atoms with Gasteiger partial charge in [0.2, 0.25) is 5.91 Å². The maximum absolute atomic E-state index is 15.4. The van der Waals surface area contributed by atoms with Crippen molar-refractivity contribution < 1.29 is 23.8 Å². The minimum Gasteiger partial charge on any atom is -0.494 e. The fourth-order valence-electron chi connectivity index (χ4n) is 4.06. The maximum Gasteiger partial charge on any atom is 0.255 e. The van der Waals surface area contributed by atoms with Crippen LogP contribution in [0, 0.1) is 5.82 Å². The molecule has 166 valence electrons. The summed E-state index contributed by atoms with van der Waals surface area (Å²) < 4.78 is 26.5. The van der Waals surface area contributed by atoms with Crippen LogP contribution in [0.1, 0.15) is 27.6 Å². The number of benzene rings is 2. The molecule has 0 spiro atoms. The zero-order valence-corrected chi connectivity index (χ0v) is 17.6. The smallest absolute Gasteiger partial charge is 0.255 e. The molecule has 6 N–H and O–H groups in total. The van der Waals surface area contributed by atoms with Gasteiger partial charge in [-0.1, -0.05) is 11.6 Å². The fraction of sp³-hybridized carbons (Fsp3) is 0.182. The fourth-order valence-corrected chi connectivity index (χ4v) is 4.32. The van der Waals surface area contributed by atoms with Crippen molar-refractivity contribution in [3.8, 4) is 22.6 Å². The standard InChI is InChI=1S/C22H19ClFN3O5/c1-31-14-6-4-10(20(26)29)15(18(14)24)16-12(23)5-7-13-17(16)19(28)22(9-25,32-13)11-3-2-8-27-21(11)30/h2-8,19,28H,9,25H2,1H3,(H2,26,29)(H,27,30)/t19-,22+/m0/s1. The zero-order valence-electron chi connectivity index (χ0n) is 16.8. The molecule has 1 aliphatic rings. The molecule has 2 heterocycles. The first-order chi connectivity index (χ1) is 15.3. The van der Waals surface area contributed by atoms with E-state index in [0.717, 1.165) is 0 Å². The van der Waals surface area contributed by atoms with E-state index in [-0.39, 0.29) is 50.9 Å². The van der Waals surface area contributed by atoms with Crippen molar-refractivity contribution in [1.82, 2.24) is 4.98 Å². The van der Waals surface area contributed by atoms with Gasteiger partial charge in [-0.15, -0.1) is 0 Å². The molecule has 0 unspecified atom stereocenters. The molecule has 32 heavy (non-hydrogen) atoms. The average Bonchev–Trinajstić information content (AvgIpc) is 3.07. The van der Waals surface area contributed by atoms with Gasteiger partial charge in [0.15, 0.2) is 17.2 Å². The van der Waals surface area contributed by atoms with E-state index >= 15 is 4.39 Å². The number of aliphatic hydroxyl groups excluding tert-OH is 1. The Balaban J connectivity index is 2.04. The molecule has 3 aromatic rings. The molecule has 0 radical (unpaired) electrons. The van der Waals surface area contributed by atoms with Gasteiger partial charge >= 0.3 is 0 Å². The second-order valence-corrected chi connectivity index (χ2v) is 7.62. The van der Waals surface area contributed by atoms with Gasteiger partial charge in [0.05, 0.1) is 18.2 Å². The SMILES string of the molecule is COc1ccc(C(N)=O)c(-c2c(Cl)ccc3c2[C@H](O)[C@@](CN)(c2ccc[nH]c2=O)O3)c1F. The largest absolute Gasteiger partial charge is 0.494 e. The number of halogens is 2. The van der Waals surface area contributed by atoms with Gasteiger partial charge in [-0.2, -0.15) is 0 Å². The number of ether oxygens (including phenoxy) is 2. The number of methoxy groups -OCH3 is 1. The molecule has 0 fully saturated rings. The van der Waals surface area contributed by atoms with E-state index in [2.05, 4.69) is 4.98 Å². The summed E-state index contributed by atoms with van der Waals surface area (Å²) in [6.45, 7) is -0.281. The van der Waals surface area contributed by atoms with E-state index in [1.165, 1.54) is 43.6 Å². The number of nitrogens with two attached hydrogens (primary N) is 2. The van der Waals surface area contributed by atoms with Crippen LogP contribution < -0.4 is 26.5 Å². The van der Waals surface area contributed by atoms with Crippen LogP contribution in [0.2, 0.25) is 5.02 Å². The number of hydrogen-bond donors (Lipinski definition) is 4. The van der Waals surface area contributed by atoms with E-state index in [1.807, 2.05) is 0 Å². The highest BCUT2D eigenvalue weighted by Crippen LogP contribution is 2.54. The number of H-pyrrole nitrogens is 1. The van der Waals surface area contributed by atoms with Crippen LogP contribution in [-0.2, 0) is 5.60 Å². The number of primary amides is 1. The van der Waals surface area contributed by atoms with Gasteiger partial charge in [-0.3, -0.25) is 9.59 Å². The van der Waals surface area contributed by atoms with Crippen molar-refractivity contribution in [1.29, 1.82) is 0 Å². The molecule has 0 saturated carbocycles. The molecule has 8 nitrogen and oxygen atoms in total. The summed E-state index contributed by atoms with van der Waals surface area (Å²) in [4.78, 5) is 27.1. The van der Waals surface area contributed by atoms with Gasteiger partial charge in [-0.25, -0.2) is 4.39 Å². The van der Waals surface area contributed by atoms with Crippen molar-refractivity contribution in [2.75, 3.05) is 13.7 Å². The molecule has 2 aromatic carbocycles. The van der Waals surface area contributed by atoms with Crippen molar-refractivity contribution >= 4 is 17.5 Å². The Morgan fingerprint density at radius 1 is 1.31 bits per heavy atom. The third kappa shape index (κ3) is 3.05. The zero-order chi connectivity index (χ0) is 23.2. The Morgan fingerprint density at radius 3 is 2.69 bits per heavy atom. The number of rotatable bonds is 5. The number of nitrogens with one attached hydrogen (secondary N) is 1. The van der Waals surface area contributed by atoms with Crippen LogP contribution in [-0.4, -0.2) is 29.7 Å². The van der Waals surface area contributed by atoms with Gasteiger partial charge < -0.3 is 31.0 Å². The van der Waals surface area contributed by atoms with Crippen LogP contribution in [0.25, 0.3) is 11.1 Å². The van der Waals surface area contributed by atoms with Crippen molar-refractivity contribution in [3.05, 3.63) is 80.5 Å². The Hall–Kier alpha value is -3.40. The predicted molar refractivity (Wildman–Crippen MR) is 115 cm³/mol. The van der Waals surface area contributed by atoms with E-state index in [9.17, 15) is 14.7 Å². The third-order valence-corrected chi connectivity index (χ3v) is 5.90. The number of amides is 1. The summed E-state index contributed by atoms with van der Waals surface area (Å²) in [5.74, 6) is -1.83. The first-order valence-electron chi connectivity index (χ1n) is 9.51. The summed E-state index contributed by atoms with van der Waals surface area (Å²) in [7, 11) is 1.27. The Kier molecular flexibility index (Phi) is 5.41. The molecule has 10 heteroatoms. The summed E-state index contributed by atoms with van der Waals surface area (Å²) in [5, 5.41) is 11.4. The van der Waals surface area contributed by atoms with Crippen LogP contribution in [0.3, 0.4) is 0 Å². The maximum atomic E-state index is 15.4. The summed E-state index contributed by atoms with van der Waals surface area (Å²) >= 11 is 6.44. The molecular weight excluding hydrogens is 441 g/mol. The first kappa shape index (κ1) is 21.8. The molecular formula is C22H19ClFN3O5. The number of aromatic amines is 1. The van der Waals surface area contributed by atoms with Gasteiger partial charge in [0.1, 0.15) is 11.9 Å². The molecule has 0 bridgehead atoms. The van der Waals surface area contributed by atoms with E-state index in [1.54, 1.807) is 6.07 Å². The van der Waals surface area contributed by atoms with Crippen LogP contribution >= 0.6 is 11.6 Å². The topological polar surface area (TPSA) is 141 Å². The number of carbonyl (C=O) groups is 1. The summed E-state index contributed by atoms with van der Waals surface area (Å²) in [6.07, 6.45) is -0.0940. The number of hydrogen-bond acceptors (Lipinski definition) is 6. The van der Waals surface area contributed by atoms with Crippen molar-refractivity contribution in [3.63, 3.8) is 0 Å². The minimum atomic E-state index is -1.67. The van der Waals surface area contributed by atoms with Gasteiger partial charge in [-0.05, 0) is 36.4 Å². The van der Waals surface area contributed by atoms with E-state index in [4.69, 9.17) is 32.5 Å². The van der Waals surface area contributed by atoms with E-state index in [0.29, 0.717) is 0 Å². The lowest BCUT2D eigenvalue weighted by Crippen LogP contribution is -2.46. The lowest BCUT2D eigenvalue weighted by molar-refractivity contribution is -0.0266. The van der Waals surface area contributed by atoms with Crippen LogP contribution in [0.5, 0.6) is 11.5 Å². The van der Waals surface area contributed by atoms with Gasteiger partial charge in [0.25, 0.3) is 5.56 Å². The predicted octanol–water partition coefficient (Wildman–Crippen LogP) is 2.22. The number of pyridine rings is 1. The lowest BCUT2D eigenvalue weighted by atomic mass is 9.83. The molecule has 1 aliphatic heterocycles. The molecule has 4 rings (SSSR count). The number of aliphatic hydroxyl groups is 1. The Morgan fingerprint density at radius 2 is 2.06 bits per heavy atom. The molecule has 1 aromatic heterocycles. The molecule has 0 aliphatic carbocycles. The quantitative estimate of drug-likeness (QED) is 0.461. The second-order valence-electron chi connectivity index (χ2n) is 7.21. The summed E-state index contributed by atoms with van der Waals surface area (Å²) in [5.41, 5.74) is 9.00. The molecule has 2 atom stereocenters. The third-order valence-electron chi connectivity index (χ3n) is 5.58. The monoisotopic (exact) mass is 459 g/mol. The minimum absolute atomic E-state index is 0.00967. The summed E-state index contributed by atoms with van der Waals surface area (Å²) in [6, 6.07) is 8.50. The van der Waals surface area contributed by atoms with Crippen molar-refractivity contribution in [2.24, 2.45) is 11.5 Å². The van der Waals surface area contributed by atoms with Crippen LogP contribution in [0.15, 0.2) is 47.4 Å². The van der Waals surface area contributed by atoms with Crippen molar-refractivity contribution in [2.45, 2.75) is 11.7 Å². The number of fused-ring (bicyclic) bond motifs is 1. The molecule has 1 amide bonds. The van der Waals surface area contributed by atoms with E-state index < -0.39 is 29.0 Å². The van der Waals surface area contributed by atoms with Gasteiger partial charge in [0, 0.05) is 34.5 Å². The highest BCUT2D eigenvalue weighted by molar-refractivity contribution is 6.34. The lowest BCUT2D eigenvalue weighted by Gasteiger charge is -2.30. The highest BCUT2D eigenvalue weighted by Gasteiger charge is 2.51. The number of carbonyl (C=O) groups excluding carboxylic acids is 1. The first-order valence-corrected chi connectivity index (χ1v) is 9.89. The second kappa shape index (κ2) is 7.94. The van der Waals surface area contributed by atoms with Crippen LogP contribution in [0.4, 0.5) is 4.39 Å². The Bertz CT molecular complexity index is 1300. The Labute approximate surface area is 186 Å². The average molecular weight is 460 g/mol. The number of aromatic nitrogens is 1. The normalized spacial score (nSPS) is 19.3. The molecule has 0 saturated heterocycles.